The van der Waals surface area contributed by atoms with E-state index in [1.807, 2.05) is 0 Å². The second-order valence-corrected chi connectivity index (χ2v) is 0.547. The second kappa shape index (κ2) is 3.91. The standard InChI is InChI=1S/C2F2O2.Al/c3-1(5)2(4)6;. The molecule has 0 amide bonds. The molecule has 0 aromatic carbocycles. The summed E-state index contributed by atoms with van der Waals surface area (Å²) in [6, 6.07) is -5.09. The van der Waals surface area contributed by atoms with Gasteiger partial charge in [0.1, 0.15) is 0 Å². The summed E-state index contributed by atoms with van der Waals surface area (Å²) in [5.74, 6) is 0. The Bertz CT molecular complexity index is 79.7. The van der Waals surface area contributed by atoms with E-state index >= 15 is 0 Å². The molecule has 0 aliphatic rings. The maximum Gasteiger partial charge on any atom is 0.401 e. The SMILES string of the molecule is O=C(F)C(=O)F.[Al]. The van der Waals surface area contributed by atoms with Crippen LogP contribution < -0.4 is 0 Å². The topological polar surface area (TPSA) is 34.1 Å². The van der Waals surface area contributed by atoms with Gasteiger partial charge in [-0.2, -0.15) is 8.78 Å². The first-order chi connectivity index (χ1) is 2.64. The molecule has 37 valence electrons. The summed E-state index contributed by atoms with van der Waals surface area (Å²) in [7, 11) is 0. The fourth-order valence-electron chi connectivity index (χ4n) is 0. The van der Waals surface area contributed by atoms with Crippen LogP contribution >= 0.6 is 0 Å². The third-order valence-corrected chi connectivity index (χ3v) is 0.155. The third-order valence-electron chi connectivity index (χ3n) is 0.155. The fourth-order valence-corrected chi connectivity index (χ4v) is 0. The summed E-state index contributed by atoms with van der Waals surface area (Å²) in [5, 5.41) is 0. The van der Waals surface area contributed by atoms with E-state index in [9.17, 15) is 8.78 Å². The maximum atomic E-state index is 10.5. The highest BCUT2D eigenvalue weighted by molar-refractivity contribution is 6.28. The molecule has 0 spiro atoms. The van der Waals surface area contributed by atoms with Gasteiger partial charge in [0, 0.05) is 17.4 Å². The van der Waals surface area contributed by atoms with E-state index in [0.717, 1.165) is 0 Å². The van der Waals surface area contributed by atoms with Gasteiger partial charge in [0.15, 0.2) is 0 Å². The molecule has 5 heteroatoms. The molecule has 0 heterocycles. The van der Waals surface area contributed by atoms with E-state index in [2.05, 4.69) is 0 Å². The van der Waals surface area contributed by atoms with Gasteiger partial charge < -0.3 is 0 Å². The Kier molecular flexibility index (Phi) is 5.51. The average Bonchev–Trinajstić information content (AvgIpc) is 1.36. The Morgan fingerprint density at radius 1 is 1.00 bits per heavy atom. The molecule has 0 aliphatic heterocycles. The van der Waals surface area contributed by atoms with Crippen LogP contribution in [0.25, 0.3) is 0 Å². The average molecular weight is 121 g/mol. The Morgan fingerprint density at radius 3 is 1.14 bits per heavy atom. The number of rotatable bonds is 1. The van der Waals surface area contributed by atoms with Crippen molar-refractivity contribution >= 4 is 29.4 Å². The first-order valence-electron chi connectivity index (χ1n) is 1.04. The van der Waals surface area contributed by atoms with E-state index in [0.29, 0.717) is 0 Å². The zero-order valence-electron chi connectivity index (χ0n) is 3.15. The summed E-state index contributed by atoms with van der Waals surface area (Å²) < 4.78 is 20.9. The zero-order chi connectivity index (χ0) is 5.15. The van der Waals surface area contributed by atoms with Crippen LogP contribution in [-0.2, 0) is 9.59 Å². The Morgan fingerprint density at radius 2 is 1.14 bits per heavy atom. The molecule has 7 heavy (non-hydrogen) atoms. The van der Waals surface area contributed by atoms with Crippen molar-refractivity contribution < 1.29 is 18.4 Å². The molecule has 3 radical (unpaired) electrons. The first kappa shape index (κ1) is 9.88. The molecule has 0 N–H and O–H groups in total. The number of carbonyl (C=O) groups is 2. The van der Waals surface area contributed by atoms with Crippen LogP contribution in [-0.4, -0.2) is 29.4 Å². The zero-order valence-corrected chi connectivity index (χ0v) is 4.30. The van der Waals surface area contributed by atoms with Crippen molar-refractivity contribution in [3.05, 3.63) is 0 Å². The highest BCUT2D eigenvalue weighted by atomic mass is 27.0. The molecular formula is C2AlF2O2. The Labute approximate surface area is 48.6 Å². The van der Waals surface area contributed by atoms with E-state index in [-0.39, 0.29) is 17.4 Å². The monoisotopic (exact) mass is 121 g/mol. The summed E-state index contributed by atoms with van der Waals surface area (Å²) >= 11 is 0. The highest BCUT2D eigenvalue weighted by Gasteiger charge is 2.07. The molecular weight excluding hydrogens is 121 g/mol. The van der Waals surface area contributed by atoms with Gasteiger partial charge in [-0.1, -0.05) is 0 Å². The summed E-state index contributed by atoms with van der Waals surface area (Å²) in [6.45, 7) is 0. The summed E-state index contributed by atoms with van der Waals surface area (Å²) in [6.07, 6.45) is 0. The molecule has 0 bridgehead atoms. The number of hydrogen-bond acceptors (Lipinski definition) is 2. The Hall–Kier alpha value is -0.268. The van der Waals surface area contributed by atoms with Crippen molar-refractivity contribution in [2.24, 2.45) is 0 Å². The van der Waals surface area contributed by atoms with Gasteiger partial charge in [-0.05, 0) is 0 Å². The summed E-state index contributed by atoms with van der Waals surface area (Å²) in [5.41, 5.74) is 0. The molecule has 2 nitrogen and oxygen atoms in total. The molecule has 0 saturated heterocycles. The van der Waals surface area contributed by atoms with E-state index < -0.39 is 12.1 Å². The molecule has 0 aliphatic carbocycles. The van der Waals surface area contributed by atoms with Crippen LogP contribution in [0.1, 0.15) is 0 Å². The quantitative estimate of drug-likeness (QED) is 0.268. The normalized spacial score (nSPS) is 6.57. The molecule has 0 aromatic heterocycles. The van der Waals surface area contributed by atoms with E-state index in [4.69, 9.17) is 9.59 Å². The molecule has 0 atom stereocenters. The Balaban J connectivity index is 0. The molecule has 0 saturated carbocycles. The largest absolute Gasteiger partial charge is 0.401 e. The molecule has 0 fully saturated rings. The lowest BCUT2D eigenvalue weighted by Gasteiger charge is -1.63. The van der Waals surface area contributed by atoms with Gasteiger partial charge in [0.05, 0.1) is 0 Å². The van der Waals surface area contributed by atoms with Gasteiger partial charge in [0.25, 0.3) is 0 Å². The smallest absolute Gasteiger partial charge is 0.249 e. The molecule has 0 unspecified atom stereocenters. The lowest BCUT2D eigenvalue weighted by molar-refractivity contribution is -0.149. The van der Waals surface area contributed by atoms with E-state index in [1.54, 1.807) is 0 Å². The first-order valence-corrected chi connectivity index (χ1v) is 1.04. The number of halogens is 2. The van der Waals surface area contributed by atoms with Crippen molar-refractivity contribution in [3.63, 3.8) is 0 Å². The van der Waals surface area contributed by atoms with Crippen molar-refractivity contribution in [1.29, 1.82) is 0 Å². The predicted octanol–water partition coefficient (Wildman–Crippen LogP) is -0.402. The second-order valence-electron chi connectivity index (χ2n) is 0.547. The third kappa shape index (κ3) is 5.73. The van der Waals surface area contributed by atoms with Crippen LogP contribution in [0.4, 0.5) is 8.78 Å². The lowest BCUT2D eigenvalue weighted by Crippen LogP contribution is -1.97. The highest BCUT2D eigenvalue weighted by Crippen LogP contribution is 1.74. The van der Waals surface area contributed by atoms with Crippen molar-refractivity contribution in [1.82, 2.24) is 0 Å². The van der Waals surface area contributed by atoms with Crippen LogP contribution in [0, 0.1) is 0 Å². The van der Waals surface area contributed by atoms with Gasteiger partial charge in [-0.15, -0.1) is 0 Å². The van der Waals surface area contributed by atoms with Crippen molar-refractivity contribution in [2.75, 3.05) is 0 Å². The van der Waals surface area contributed by atoms with Gasteiger partial charge >= 0.3 is 12.1 Å². The van der Waals surface area contributed by atoms with Crippen LogP contribution in [0.5, 0.6) is 0 Å². The van der Waals surface area contributed by atoms with Gasteiger partial charge in [0.2, 0.25) is 0 Å². The number of carbonyl (C=O) groups excluding carboxylic acids is 2. The lowest BCUT2D eigenvalue weighted by atomic mass is 10.8. The fraction of sp³-hybridized carbons (Fsp3) is 0. The minimum Gasteiger partial charge on any atom is -0.249 e. The number of hydrogen-bond donors (Lipinski definition) is 0. The minimum atomic E-state index is -2.55. The minimum absolute atomic E-state index is 0. The van der Waals surface area contributed by atoms with Gasteiger partial charge in [-0.3, -0.25) is 0 Å². The van der Waals surface area contributed by atoms with Crippen LogP contribution in [0.2, 0.25) is 0 Å². The van der Waals surface area contributed by atoms with Crippen LogP contribution in [0.15, 0.2) is 0 Å². The maximum absolute atomic E-state index is 10.5. The van der Waals surface area contributed by atoms with Crippen LogP contribution in [0.3, 0.4) is 0 Å². The molecule has 0 rings (SSSR count). The molecule has 0 aromatic rings. The van der Waals surface area contributed by atoms with E-state index in [1.165, 1.54) is 0 Å². The van der Waals surface area contributed by atoms with Crippen molar-refractivity contribution in [3.8, 4) is 0 Å². The predicted molar refractivity (Wildman–Crippen MR) is 18.0 cm³/mol. The summed E-state index contributed by atoms with van der Waals surface area (Å²) in [4.78, 5) is 17.5. The van der Waals surface area contributed by atoms with Crippen molar-refractivity contribution in [2.45, 2.75) is 0 Å². The van der Waals surface area contributed by atoms with Gasteiger partial charge in [-0.25, -0.2) is 9.59 Å².